The molecule has 104 valence electrons. The lowest BCUT2D eigenvalue weighted by atomic mass is 10.2. The fourth-order valence-corrected chi connectivity index (χ4v) is 2.94. The van der Waals surface area contributed by atoms with Crippen molar-refractivity contribution in [2.75, 3.05) is 11.4 Å². The fraction of sp³-hybridized carbons (Fsp3) is 0.0667. The van der Waals surface area contributed by atoms with Crippen molar-refractivity contribution in [2.45, 2.75) is 4.90 Å². The van der Waals surface area contributed by atoms with Gasteiger partial charge in [-0.1, -0.05) is 0 Å². The van der Waals surface area contributed by atoms with Gasteiger partial charge in [0.1, 0.15) is 0 Å². The molecule has 0 fully saturated rings. The van der Waals surface area contributed by atoms with Gasteiger partial charge in [0.15, 0.2) is 0 Å². The highest BCUT2D eigenvalue weighted by Crippen LogP contribution is 2.22. The van der Waals surface area contributed by atoms with E-state index in [1.807, 2.05) is 12.1 Å². The van der Waals surface area contributed by atoms with Crippen molar-refractivity contribution in [3.05, 3.63) is 59.7 Å². The van der Waals surface area contributed by atoms with E-state index >= 15 is 0 Å². The summed E-state index contributed by atoms with van der Waals surface area (Å²) in [5, 5.41) is 17.5. The van der Waals surface area contributed by atoms with E-state index in [9.17, 15) is 8.42 Å². The molecule has 0 atom stereocenters. The van der Waals surface area contributed by atoms with Crippen molar-refractivity contribution in [3.8, 4) is 12.1 Å². The third-order valence-electron chi connectivity index (χ3n) is 3.00. The Bertz CT molecular complexity index is 826. The zero-order chi connectivity index (χ0) is 15.5. The summed E-state index contributed by atoms with van der Waals surface area (Å²) in [6.07, 6.45) is 0. The Labute approximate surface area is 123 Å². The fourth-order valence-electron chi connectivity index (χ4n) is 1.74. The highest BCUT2D eigenvalue weighted by molar-refractivity contribution is 7.92. The van der Waals surface area contributed by atoms with Gasteiger partial charge in [-0.3, -0.25) is 4.31 Å². The maximum Gasteiger partial charge on any atom is 0.264 e. The van der Waals surface area contributed by atoms with E-state index in [-0.39, 0.29) is 4.90 Å². The van der Waals surface area contributed by atoms with Crippen LogP contribution in [0.2, 0.25) is 0 Å². The summed E-state index contributed by atoms with van der Waals surface area (Å²) in [5.74, 6) is 0. The number of anilines is 1. The number of nitriles is 2. The standard InChI is InChI=1S/C15H11N3O2S/c1-18(14-6-2-12(10-16)3-7-14)21(19,20)15-8-4-13(11-17)5-9-15/h2-9H,1H3. The first kappa shape index (κ1) is 14.6. The van der Waals surface area contributed by atoms with Crippen LogP contribution < -0.4 is 4.31 Å². The maximum absolute atomic E-state index is 12.5. The zero-order valence-corrected chi connectivity index (χ0v) is 12.0. The van der Waals surface area contributed by atoms with E-state index in [1.54, 1.807) is 24.3 Å². The molecule has 2 aromatic carbocycles. The molecule has 0 N–H and O–H groups in total. The van der Waals surface area contributed by atoms with Crippen molar-refractivity contribution < 1.29 is 8.42 Å². The topological polar surface area (TPSA) is 85.0 Å². The molecule has 0 aromatic heterocycles. The van der Waals surface area contributed by atoms with E-state index < -0.39 is 10.0 Å². The van der Waals surface area contributed by atoms with Crippen LogP contribution in [-0.4, -0.2) is 15.5 Å². The van der Waals surface area contributed by atoms with Crippen LogP contribution in [0.5, 0.6) is 0 Å². The minimum atomic E-state index is -3.70. The molecular formula is C15H11N3O2S. The first-order valence-electron chi connectivity index (χ1n) is 5.98. The zero-order valence-electron chi connectivity index (χ0n) is 11.2. The summed E-state index contributed by atoms with van der Waals surface area (Å²) in [7, 11) is -2.26. The smallest absolute Gasteiger partial charge is 0.264 e. The molecule has 0 saturated heterocycles. The minimum Gasteiger partial charge on any atom is -0.269 e. The van der Waals surface area contributed by atoms with E-state index in [0.29, 0.717) is 16.8 Å². The summed E-state index contributed by atoms with van der Waals surface area (Å²) in [5.41, 5.74) is 1.32. The lowest BCUT2D eigenvalue weighted by Gasteiger charge is -2.19. The summed E-state index contributed by atoms with van der Waals surface area (Å²) in [6.45, 7) is 0. The minimum absolute atomic E-state index is 0.105. The molecule has 0 unspecified atom stereocenters. The molecule has 0 amide bonds. The lowest BCUT2D eigenvalue weighted by molar-refractivity contribution is 0.594. The van der Waals surface area contributed by atoms with E-state index in [2.05, 4.69) is 0 Å². The van der Waals surface area contributed by atoms with E-state index in [0.717, 1.165) is 4.31 Å². The van der Waals surface area contributed by atoms with Crippen LogP contribution in [0.3, 0.4) is 0 Å². The van der Waals surface area contributed by atoms with Crippen molar-refractivity contribution in [2.24, 2.45) is 0 Å². The second-order valence-corrected chi connectivity index (χ2v) is 6.24. The van der Waals surface area contributed by atoms with Gasteiger partial charge in [-0.2, -0.15) is 10.5 Å². The Morgan fingerprint density at radius 1 is 0.857 bits per heavy atom. The van der Waals surface area contributed by atoms with Crippen LogP contribution in [0.1, 0.15) is 11.1 Å². The van der Waals surface area contributed by atoms with Crippen molar-refractivity contribution >= 4 is 15.7 Å². The van der Waals surface area contributed by atoms with Crippen LogP contribution in [0.4, 0.5) is 5.69 Å². The molecule has 0 bridgehead atoms. The predicted octanol–water partition coefficient (Wildman–Crippen LogP) is 2.26. The Hall–Kier alpha value is -2.83. The molecule has 21 heavy (non-hydrogen) atoms. The summed E-state index contributed by atoms with van der Waals surface area (Å²) in [4.78, 5) is 0.105. The lowest BCUT2D eigenvalue weighted by Crippen LogP contribution is -2.26. The number of benzene rings is 2. The molecule has 2 rings (SSSR count). The highest BCUT2D eigenvalue weighted by Gasteiger charge is 2.21. The van der Waals surface area contributed by atoms with Gasteiger partial charge in [0.2, 0.25) is 0 Å². The molecule has 0 aliphatic rings. The van der Waals surface area contributed by atoms with Crippen LogP contribution in [0, 0.1) is 22.7 Å². The molecule has 5 nitrogen and oxygen atoms in total. The second-order valence-electron chi connectivity index (χ2n) is 4.27. The number of hydrogen-bond donors (Lipinski definition) is 0. The molecular weight excluding hydrogens is 286 g/mol. The Kier molecular flexibility index (Phi) is 3.93. The number of hydrogen-bond acceptors (Lipinski definition) is 4. The van der Waals surface area contributed by atoms with Crippen LogP contribution in [-0.2, 0) is 10.0 Å². The van der Waals surface area contributed by atoms with Gasteiger partial charge in [-0.25, -0.2) is 8.42 Å². The highest BCUT2D eigenvalue weighted by atomic mass is 32.2. The molecule has 0 radical (unpaired) electrons. The Morgan fingerprint density at radius 3 is 1.71 bits per heavy atom. The van der Waals surface area contributed by atoms with Gasteiger partial charge in [0, 0.05) is 7.05 Å². The van der Waals surface area contributed by atoms with E-state index in [1.165, 1.54) is 31.3 Å². The second kappa shape index (κ2) is 5.66. The molecule has 6 heteroatoms. The molecule has 0 spiro atoms. The number of nitrogens with zero attached hydrogens (tertiary/aromatic N) is 3. The van der Waals surface area contributed by atoms with E-state index in [4.69, 9.17) is 10.5 Å². The average molecular weight is 297 g/mol. The molecule has 0 aliphatic carbocycles. The summed E-state index contributed by atoms with van der Waals surface area (Å²) in [6, 6.07) is 15.9. The van der Waals surface area contributed by atoms with Crippen LogP contribution >= 0.6 is 0 Å². The monoisotopic (exact) mass is 297 g/mol. The normalized spacial score (nSPS) is 10.4. The molecule has 0 heterocycles. The SMILES string of the molecule is CN(c1ccc(C#N)cc1)S(=O)(=O)c1ccc(C#N)cc1. The van der Waals surface area contributed by atoms with Crippen molar-refractivity contribution in [1.29, 1.82) is 10.5 Å². The van der Waals surface area contributed by atoms with Gasteiger partial charge in [-0.05, 0) is 48.5 Å². The largest absolute Gasteiger partial charge is 0.269 e. The molecule has 0 aliphatic heterocycles. The van der Waals surface area contributed by atoms with Crippen molar-refractivity contribution in [1.82, 2.24) is 0 Å². The van der Waals surface area contributed by atoms with Gasteiger partial charge >= 0.3 is 0 Å². The molecule has 0 saturated carbocycles. The summed E-state index contributed by atoms with van der Waals surface area (Å²) >= 11 is 0. The quantitative estimate of drug-likeness (QED) is 0.869. The number of sulfonamides is 1. The van der Waals surface area contributed by atoms with Gasteiger partial charge in [-0.15, -0.1) is 0 Å². The molecule has 2 aromatic rings. The van der Waals surface area contributed by atoms with Gasteiger partial charge in [0.05, 0.1) is 33.8 Å². The van der Waals surface area contributed by atoms with Crippen LogP contribution in [0.25, 0.3) is 0 Å². The average Bonchev–Trinajstić information content (AvgIpc) is 2.54. The summed E-state index contributed by atoms with van der Waals surface area (Å²) < 4.78 is 26.1. The predicted molar refractivity (Wildman–Crippen MR) is 77.9 cm³/mol. The van der Waals surface area contributed by atoms with Gasteiger partial charge in [0.25, 0.3) is 10.0 Å². The van der Waals surface area contributed by atoms with Crippen molar-refractivity contribution in [3.63, 3.8) is 0 Å². The van der Waals surface area contributed by atoms with Gasteiger partial charge < -0.3 is 0 Å². The van der Waals surface area contributed by atoms with Crippen LogP contribution in [0.15, 0.2) is 53.4 Å². The Balaban J connectivity index is 2.37. The third-order valence-corrected chi connectivity index (χ3v) is 4.80. The third kappa shape index (κ3) is 2.86. The number of rotatable bonds is 3. The first-order valence-corrected chi connectivity index (χ1v) is 7.42. The first-order chi connectivity index (χ1) is 9.98. The maximum atomic E-state index is 12.5. The Morgan fingerprint density at radius 2 is 1.29 bits per heavy atom.